The summed E-state index contributed by atoms with van der Waals surface area (Å²) in [7, 11) is 0. The van der Waals surface area contributed by atoms with E-state index in [1.54, 1.807) is 0 Å². The first-order valence-electron chi connectivity index (χ1n) is 13.3. The lowest BCUT2D eigenvalue weighted by Gasteiger charge is -2.33. The predicted molar refractivity (Wildman–Crippen MR) is 133 cm³/mol. The maximum absolute atomic E-state index is 14.0. The van der Waals surface area contributed by atoms with Crippen molar-refractivity contribution in [3.8, 4) is 0 Å². The molecule has 8 nitrogen and oxygen atoms in total. The number of carbonyl (C=O) groups is 3. The number of benzene rings is 1. The quantitative estimate of drug-likeness (QED) is 0.606. The third-order valence-corrected chi connectivity index (χ3v) is 8.16. The number of hydrogen-bond donors (Lipinski definition) is 3. The van der Waals surface area contributed by atoms with Crippen molar-refractivity contribution in [3.05, 3.63) is 35.4 Å². The van der Waals surface area contributed by atoms with Gasteiger partial charge in [0.1, 0.15) is 6.04 Å². The Morgan fingerprint density at radius 1 is 0.971 bits per heavy atom. The van der Waals surface area contributed by atoms with E-state index in [1.165, 1.54) is 12.8 Å². The molecule has 35 heavy (non-hydrogen) atoms. The molecule has 2 saturated heterocycles. The van der Waals surface area contributed by atoms with Crippen LogP contribution >= 0.6 is 0 Å². The first-order chi connectivity index (χ1) is 16.9. The van der Waals surface area contributed by atoms with Gasteiger partial charge in [-0.3, -0.25) is 19.3 Å². The van der Waals surface area contributed by atoms with Crippen molar-refractivity contribution in [2.45, 2.75) is 102 Å². The van der Waals surface area contributed by atoms with E-state index >= 15 is 0 Å². The molecule has 5 rings (SSSR count). The van der Waals surface area contributed by atoms with Gasteiger partial charge in [-0.25, -0.2) is 0 Å². The van der Waals surface area contributed by atoms with Gasteiger partial charge in [0.15, 0.2) is 0 Å². The van der Waals surface area contributed by atoms with Gasteiger partial charge < -0.3 is 20.9 Å². The molecule has 0 aromatic heterocycles. The van der Waals surface area contributed by atoms with Crippen LogP contribution in [-0.4, -0.2) is 76.9 Å². The monoisotopic (exact) mass is 481 g/mol. The van der Waals surface area contributed by atoms with Crippen molar-refractivity contribution < 1.29 is 14.4 Å². The Kier molecular flexibility index (Phi) is 7.12. The van der Waals surface area contributed by atoms with Gasteiger partial charge in [0.25, 0.3) is 0 Å². The molecule has 0 radical (unpaired) electrons. The highest BCUT2D eigenvalue weighted by Gasteiger charge is 2.47. The van der Waals surface area contributed by atoms with Crippen molar-refractivity contribution >= 4 is 17.7 Å². The predicted octanol–water partition coefficient (Wildman–Crippen LogP) is 1.33. The molecule has 1 aromatic rings. The molecule has 3 amide bonds. The number of fused-ring (bicyclic) bond motifs is 4. The molecule has 1 aliphatic carbocycles. The summed E-state index contributed by atoms with van der Waals surface area (Å²) in [4.78, 5) is 44.6. The van der Waals surface area contributed by atoms with Crippen LogP contribution in [-0.2, 0) is 27.3 Å². The summed E-state index contributed by atoms with van der Waals surface area (Å²) in [5.74, 6) is -0.0884. The van der Waals surface area contributed by atoms with Gasteiger partial charge >= 0.3 is 0 Å². The molecule has 3 aliphatic heterocycles. The Balaban J connectivity index is 1.46. The first kappa shape index (κ1) is 24.3. The van der Waals surface area contributed by atoms with Gasteiger partial charge in [-0.2, -0.15) is 0 Å². The van der Waals surface area contributed by atoms with E-state index in [2.05, 4.69) is 34.7 Å². The van der Waals surface area contributed by atoms with Gasteiger partial charge in [-0.05, 0) is 36.8 Å². The molecule has 0 unspecified atom stereocenters. The summed E-state index contributed by atoms with van der Waals surface area (Å²) in [5, 5.41) is 9.85. The third-order valence-electron chi connectivity index (χ3n) is 8.16. The zero-order chi connectivity index (χ0) is 24.5. The summed E-state index contributed by atoms with van der Waals surface area (Å²) in [6, 6.07) is 7.72. The molecule has 8 heteroatoms. The Hall–Kier alpha value is -2.45. The lowest BCUT2D eigenvalue weighted by atomic mass is 10.0. The fourth-order valence-electron chi connectivity index (χ4n) is 6.61. The Morgan fingerprint density at radius 3 is 2.46 bits per heavy atom. The van der Waals surface area contributed by atoms with Crippen LogP contribution in [0.3, 0.4) is 0 Å². The number of amides is 3. The van der Waals surface area contributed by atoms with Crippen molar-refractivity contribution in [2.24, 2.45) is 0 Å². The second kappa shape index (κ2) is 10.3. The van der Waals surface area contributed by atoms with E-state index in [-0.39, 0.29) is 48.3 Å². The van der Waals surface area contributed by atoms with E-state index in [1.807, 2.05) is 29.2 Å². The summed E-state index contributed by atoms with van der Waals surface area (Å²) < 4.78 is 0. The van der Waals surface area contributed by atoms with Crippen LogP contribution in [0.1, 0.15) is 63.5 Å². The van der Waals surface area contributed by atoms with Gasteiger partial charge in [0.05, 0.1) is 12.5 Å². The van der Waals surface area contributed by atoms with Crippen LogP contribution in [0, 0.1) is 0 Å². The number of nitrogens with one attached hydrogen (secondary N) is 3. The van der Waals surface area contributed by atoms with Crippen molar-refractivity contribution in [1.82, 2.24) is 25.8 Å². The average molecular weight is 482 g/mol. The lowest BCUT2D eigenvalue weighted by molar-refractivity contribution is -0.142. The molecule has 3 fully saturated rings. The molecule has 1 saturated carbocycles. The summed E-state index contributed by atoms with van der Waals surface area (Å²) in [5.41, 5.74) is 1.88. The Bertz CT molecular complexity index is 960. The molecule has 4 atom stereocenters. The fraction of sp³-hybridized carbons (Fsp3) is 0.667. The molecule has 2 bridgehead atoms. The zero-order valence-corrected chi connectivity index (χ0v) is 21.0. The summed E-state index contributed by atoms with van der Waals surface area (Å²) in [6.45, 7) is 5.78. The summed E-state index contributed by atoms with van der Waals surface area (Å²) in [6.07, 6.45) is 6.07. The number of rotatable bonds is 3. The molecule has 1 aromatic carbocycles. The van der Waals surface area contributed by atoms with Gasteiger partial charge in [-0.1, -0.05) is 51.0 Å². The maximum atomic E-state index is 14.0. The SMILES string of the molecule is CC(C)N[C@H]1C[C@H]2C(=O)NCc3ccccc3CC(=O)N[C@H]3C[C@@H](C(=O)N2C1)N(C1CCCC1)C3. The standard InChI is InChI=1S/C27H39N5O3/c1-17(2)29-20-12-23-26(34)28-14-19-8-4-3-7-18(19)11-25(33)30-21-13-24(27(35)32(23)16-20)31(15-21)22-9-5-6-10-22/h3-4,7-8,17,20-24,29H,5-6,9-16H2,1-2H3,(H,28,34)(H,30,33)/t20-,21-,23-,24-/m0/s1. The van der Waals surface area contributed by atoms with Crippen LogP contribution in [0.4, 0.5) is 0 Å². The average Bonchev–Trinajstić information content (AvgIpc) is 3.56. The smallest absolute Gasteiger partial charge is 0.243 e. The molecule has 4 aliphatic rings. The molecular formula is C27H39N5O3. The van der Waals surface area contributed by atoms with Crippen LogP contribution in [0.15, 0.2) is 24.3 Å². The minimum absolute atomic E-state index is 0.0226. The molecule has 3 N–H and O–H groups in total. The van der Waals surface area contributed by atoms with Gasteiger partial charge in [-0.15, -0.1) is 0 Å². The maximum Gasteiger partial charge on any atom is 0.243 e. The zero-order valence-electron chi connectivity index (χ0n) is 21.0. The molecule has 190 valence electrons. The minimum atomic E-state index is -0.479. The second-order valence-electron chi connectivity index (χ2n) is 11.1. The molecular weight excluding hydrogens is 442 g/mol. The minimum Gasteiger partial charge on any atom is -0.352 e. The topological polar surface area (TPSA) is 93.8 Å². The van der Waals surface area contributed by atoms with Crippen molar-refractivity contribution in [3.63, 3.8) is 0 Å². The highest BCUT2D eigenvalue weighted by molar-refractivity contribution is 5.91. The number of nitrogens with zero attached hydrogens (tertiary/aromatic N) is 2. The van der Waals surface area contributed by atoms with Gasteiger partial charge in [0, 0.05) is 43.8 Å². The van der Waals surface area contributed by atoms with Crippen LogP contribution in [0.5, 0.6) is 0 Å². The highest BCUT2D eigenvalue weighted by atomic mass is 16.2. The van der Waals surface area contributed by atoms with E-state index in [9.17, 15) is 14.4 Å². The Labute approximate surface area is 208 Å². The number of hydrogen-bond acceptors (Lipinski definition) is 5. The van der Waals surface area contributed by atoms with E-state index in [0.717, 1.165) is 24.0 Å². The summed E-state index contributed by atoms with van der Waals surface area (Å²) >= 11 is 0. The normalized spacial score (nSPS) is 30.7. The third kappa shape index (κ3) is 5.23. The fourth-order valence-corrected chi connectivity index (χ4v) is 6.61. The van der Waals surface area contributed by atoms with Crippen LogP contribution in [0.2, 0.25) is 0 Å². The highest BCUT2D eigenvalue weighted by Crippen LogP contribution is 2.33. The lowest BCUT2D eigenvalue weighted by Crippen LogP contribution is -2.53. The largest absolute Gasteiger partial charge is 0.352 e. The molecule has 3 heterocycles. The molecule has 0 spiro atoms. The number of likely N-dealkylation sites (tertiary alicyclic amines) is 1. The van der Waals surface area contributed by atoms with Gasteiger partial charge in [0.2, 0.25) is 17.7 Å². The van der Waals surface area contributed by atoms with Crippen LogP contribution in [0.25, 0.3) is 0 Å². The van der Waals surface area contributed by atoms with E-state index in [4.69, 9.17) is 0 Å². The van der Waals surface area contributed by atoms with Crippen molar-refractivity contribution in [1.29, 1.82) is 0 Å². The first-order valence-corrected chi connectivity index (χ1v) is 13.3. The number of carbonyl (C=O) groups excluding carboxylic acids is 3. The Morgan fingerprint density at radius 2 is 1.71 bits per heavy atom. The van der Waals surface area contributed by atoms with E-state index < -0.39 is 6.04 Å². The van der Waals surface area contributed by atoms with Crippen LogP contribution < -0.4 is 16.0 Å². The second-order valence-corrected chi connectivity index (χ2v) is 11.1. The van der Waals surface area contributed by atoms with Crippen molar-refractivity contribution in [2.75, 3.05) is 13.1 Å². The van der Waals surface area contributed by atoms with E-state index in [0.29, 0.717) is 38.5 Å².